The maximum atomic E-state index is 12.2. The second-order valence-corrected chi connectivity index (χ2v) is 3.41. The predicted molar refractivity (Wildman–Crippen MR) is 56.6 cm³/mol. The van der Waals surface area contributed by atoms with Crippen molar-refractivity contribution in [1.29, 1.82) is 0 Å². The van der Waals surface area contributed by atoms with Crippen LogP contribution in [0.2, 0.25) is 0 Å². The van der Waals surface area contributed by atoms with E-state index in [-0.39, 0.29) is 0 Å². The summed E-state index contributed by atoms with van der Waals surface area (Å²) in [7, 11) is 0. The van der Waals surface area contributed by atoms with E-state index < -0.39 is 11.9 Å². The van der Waals surface area contributed by atoms with Gasteiger partial charge in [-0.25, -0.2) is 0 Å². The van der Waals surface area contributed by atoms with Gasteiger partial charge in [0.2, 0.25) is 0 Å². The number of hydrogen-bond acceptors (Lipinski definition) is 3. The molecule has 0 radical (unpaired) electrons. The highest BCUT2D eigenvalue weighted by Gasteiger charge is 2.33. The zero-order chi connectivity index (χ0) is 12.7. The van der Waals surface area contributed by atoms with Crippen molar-refractivity contribution in [2.24, 2.45) is 0 Å². The van der Waals surface area contributed by atoms with E-state index in [0.29, 0.717) is 32.8 Å². The molecule has 17 heavy (non-hydrogen) atoms. The Morgan fingerprint density at radius 2 is 2.18 bits per heavy atom. The molecule has 1 heterocycles. The van der Waals surface area contributed by atoms with Gasteiger partial charge in [0.25, 0.3) is 0 Å². The number of hydrogen-bond donors (Lipinski definition) is 1. The van der Waals surface area contributed by atoms with E-state index in [1.165, 1.54) is 10.9 Å². The number of rotatable bonds is 7. The Labute approximate surface area is 97.8 Å². The van der Waals surface area contributed by atoms with Crippen molar-refractivity contribution in [3.63, 3.8) is 0 Å². The molecule has 98 valence electrons. The minimum absolute atomic E-state index is 0.405. The average Bonchev–Trinajstić information content (AvgIpc) is 2.71. The molecule has 0 unspecified atom stereocenters. The van der Waals surface area contributed by atoms with Gasteiger partial charge in [0.1, 0.15) is 0 Å². The highest BCUT2D eigenvalue weighted by Crippen LogP contribution is 2.26. The van der Waals surface area contributed by atoms with Crippen molar-refractivity contribution in [3.05, 3.63) is 18.0 Å². The number of nitrogens with one attached hydrogen (secondary N) is 1. The van der Waals surface area contributed by atoms with Crippen LogP contribution in [0.25, 0.3) is 0 Å². The topological polar surface area (TPSA) is 39.1 Å². The third kappa shape index (κ3) is 5.18. The first-order valence-corrected chi connectivity index (χ1v) is 5.43. The molecule has 4 nitrogen and oxygen atoms in total. The first-order chi connectivity index (χ1) is 8.04. The van der Waals surface area contributed by atoms with Crippen LogP contribution in [0.4, 0.5) is 13.2 Å². The van der Waals surface area contributed by atoms with E-state index in [1.54, 1.807) is 0 Å². The molecule has 0 amide bonds. The Morgan fingerprint density at radius 3 is 2.76 bits per heavy atom. The molecule has 1 aromatic rings. The average molecular weight is 251 g/mol. The van der Waals surface area contributed by atoms with Crippen LogP contribution in [-0.2, 0) is 17.5 Å². The lowest BCUT2D eigenvalue weighted by Gasteiger charge is -2.05. The highest BCUT2D eigenvalue weighted by atomic mass is 19.4. The zero-order valence-corrected chi connectivity index (χ0v) is 9.63. The lowest BCUT2D eigenvalue weighted by Crippen LogP contribution is -2.24. The lowest BCUT2D eigenvalue weighted by atomic mass is 10.4. The van der Waals surface area contributed by atoms with Gasteiger partial charge in [-0.2, -0.15) is 18.3 Å². The number of ether oxygens (including phenoxy) is 1. The van der Waals surface area contributed by atoms with Crippen LogP contribution in [0.1, 0.15) is 12.6 Å². The summed E-state index contributed by atoms with van der Waals surface area (Å²) in [6.45, 7) is 4.82. The van der Waals surface area contributed by atoms with Crippen LogP contribution in [0.3, 0.4) is 0 Å². The molecule has 0 aliphatic carbocycles. The Kier molecular flexibility index (Phi) is 5.43. The molecular weight excluding hydrogens is 235 g/mol. The summed E-state index contributed by atoms with van der Waals surface area (Å²) >= 11 is 0. The molecule has 0 fully saturated rings. The Bertz CT molecular complexity index is 325. The monoisotopic (exact) mass is 251 g/mol. The first kappa shape index (κ1) is 14.0. The lowest BCUT2D eigenvalue weighted by molar-refractivity contribution is -0.141. The van der Waals surface area contributed by atoms with Crippen LogP contribution in [0.15, 0.2) is 12.3 Å². The largest absolute Gasteiger partial charge is 0.435 e. The molecule has 1 N–H and O–H groups in total. The molecule has 0 atom stereocenters. The molecule has 1 rings (SSSR count). The van der Waals surface area contributed by atoms with E-state index in [9.17, 15) is 13.2 Å². The van der Waals surface area contributed by atoms with Crippen LogP contribution < -0.4 is 5.32 Å². The first-order valence-electron chi connectivity index (χ1n) is 5.43. The number of alkyl halides is 3. The predicted octanol–water partition coefficient (Wildman–Crippen LogP) is 1.53. The third-order valence-electron chi connectivity index (χ3n) is 2.08. The molecule has 0 saturated carbocycles. The van der Waals surface area contributed by atoms with Crippen molar-refractivity contribution in [3.8, 4) is 0 Å². The van der Waals surface area contributed by atoms with Crippen molar-refractivity contribution in [1.82, 2.24) is 15.1 Å². The van der Waals surface area contributed by atoms with E-state index in [2.05, 4.69) is 10.4 Å². The van der Waals surface area contributed by atoms with Gasteiger partial charge in [-0.3, -0.25) is 4.68 Å². The van der Waals surface area contributed by atoms with E-state index >= 15 is 0 Å². The minimum Gasteiger partial charge on any atom is -0.380 e. The Morgan fingerprint density at radius 1 is 1.41 bits per heavy atom. The van der Waals surface area contributed by atoms with Gasteiger partial charge in [-0.15, -0.1) is 0 Å². The summed E-state index contributed by atoms with van der Waals surface area (Å²) in [5, 5.41) is 6.49. The Balaban J connectivity index is 2.21. The highest BCUT2D eigenvalue weighted by molar-refractivity contribution is 5.03. The molecular formula is C10H16F3N3O. The van der Waals surface area contributed by atoms with Gasteiger partial charge >= 0.3 is 6.18 Å². The maximum absolute atomic E-state index is 12.2. The number of aromatic nitrogens is 2. The standard InChI is InChI=1S/C10H16F3N3O/c1-2-17-8-5-14-4-7-16-6-3-9(15-16)10(11,12)13/h3,6,14H,2,4-5,7-8H2,1H3. The van der Waals surface area contributed by atoms with Crippen molar-refractivity contribution < 1.29 is 17.9 Å². The fourth-order valence-corrected chi connectivity index (χ4v) is 1.24. The van der Waals surface area contributed by atoms with E-state index in [0.717, 1.165) is 6.07 Å². The van der Waals surface area contributed by atoms with Gasteiger partial charge in [0, 0.05) is 25.9 Å². The van der Waals surface area contributed by atoms with Crippen molar-refractivity contribution in [2.45, 2.75) is 19.6 Å². The number of halogens is 3. The normalized spacial score (nSPS) is 12.0. The second-order valence-electron chi connectivity index (χ2n) is 3.41. The maximum Gasteiger partial charge on any atom is 0.435 e. The van der Waals surface area contributed by atoms with Gasteiger partial charge in [0.15, 0.2) is 5.69 Å². The van der Waals surface area contributed by atoms with Crippen LogP contribution in [0.5, 0.6) is 0 Å². The summed E-state index contributed by atoms with van der Waals surface area (Å²) < 4.78 is 43.0. The summed E-state index contributed by atoms with van der Waals surface area (Å²) in [6.07, 6.45) is -3.04. The molecule has 0 saturated heterocycles. The van der Waals surface area contributed by atoms with E-state index in [1.807, 2.05) is 6.92 Å². The quantitative estimate of drug-likeness (QED) is 0.747. The van der Waals surface area contributed by atoms with E-state index in [4.69, 9.17) is 4.74 Å². The SMILES string of the molecule is CCOCCNCCn1ccc(C(F)(F)F)n1. The van der Waals surface area contributed by atoms with Crippen LogP contribution in [0, 0.1) is 0 Å². The van der Waals surface area contributed by atoms with Crippen LogP contribution in [-0.4, -0.2) is 36.1 Å². The third-order valence-corrected chi connectivity index (χ3v) is 2.08. The summed E-state index contributed by atoms with van der Waals surface area (Å²) in [5.41, 5.74) is -0.855. The molecule has 0 aliphatic heterocycles. The van der Waals surface area contributed by atoms with Crippen LogP contribution >= 0.6 is 0 Å². The smallest absolute Gasteiger partial charge is 0.380 e. The minimum atomic E-state index is -4.37. The summed E-state index contributed by atoms with van der Waals surface area (Å²) in [4.78, 5) is 0. The van der Waals surface area contributed by atoms with Gasteiger partial charge in [0.05, 0.1) is 13.2 Å². The number of nitrogens with zero attached hydrogens (tertiary/aromatic N) is 2. The molecule has 7 heteroatoms. The fourth-order valence-electron chi connectivity index (χ4n) is 1.24. The van der Waals surface area contributed by atoms with Gasteiger partial charge in [-0.05, 0) is 13.0 Å². The summed E-state index contributed by atoms with van der Waals surface area (Å²) in [5.74, 6) is 0. The fraction of sp³-hybridized carbons (Fsp3) is 0.700. The van der Waals surface area contributed by atoms with Crippen molar-refractivity contribution >= 4 is 0 Å². The van der Waals surface area contributed by atoms with Gasteiger partial charge < -0.3 is 10.1 Å². The second kappa shape index (κ2) is 6.61. The summed E-state index contributed by atoms with van der Waals surface area (Å²) in [6, 6.07) is 0.972. The molecule has 0 aliphatic rings. The Hall–Kier alpha value is -1.08. The molecule has 0 aromatic carbocycles. The van der Waals surface area contributed by atoms with Crippen molar-refractivity contribution in [2.75, 3.05) is 26.3 Å². The zero-order valence-electron chi connectivity index (χ0n) is 9.63. The molecule has 0 spiro atoms. The molecule has 1 aromatic heterocycles. The molecule has 0 bridgehead atoms. The van der Waals surface area contributed by atoms with Gasteiger partial charge in [-0.1, -0.05) is 0 Å².